The fraction of sp³-hybridized carbons (Fsp3) is 0.308. The number of carboxylic acid groups (broad SMARTS) is 1. The summed E-state index contributed by atoms with van der Waals surface area (Å²) in [4.78, 5) is 24.8. The molecule has 21 heavy (non-hydrogen) atoms. The summed E-state index contributed by atoms with van der Waals surface area (Å²) in [7, 11) is 0. The largest absolute Gasteiger partial charge is 0.478 e. The minimum Gasteiger partial charge on any atom is -0.478 e. The van der Waals surface area contributed by atoms with Gasteiger partial charge in [0, 0.05) is 11.0 Å². The van der Waals surface area contributed by atoms with E-state index in [9.17, 15) is 9.59 Å². The van der Waals surface area contributed by atoms with Gasteiger partial charge < -0.3 is 20.1 Å². The van der Waals surface area contributed by atoms with E-state index in [1.54, 1.807) is 12.1 Å². The highest BCUT2D eigenvalue weighted by Gasteiger charge is 2.25. The van der Waals surface area contributed by atoms with Gasteiger partial charge >= 0.3 is 12.0 Å². The fourth-order valence-corrected chi connectivity index (χ4v) is 2.39. The summed E-state index contributed by atoms with van der Waals surface area (Å²) in [6, 6.07) is 6.10. The van der Waals surface area contributed by atoms with Crippen LogP contribution in [0, 0.1) is 11.3 Å². The average Bonchev–Trinajstić information content (AvgIpc) is 2.49. The van der Waals surface area contributed by atoms with Crippen molar-refractivity contribution in [1.29, 1.82) is 5.26 Å². The Morgan fingerprint density at radius 3 is 2.95 bits per heavy atom. The summed E-state index contributed by atoms with van der Waals surface area (Å²) < 4.78 is 5.63. The molecule has 1 fully saturated rings. The van der Waals surface area contributed by atoms with E-state index >= 15 is 0 Å². The molecule has 0 aromatic heterocycles. The van der Waals surface area contributed by atoms with Gasteiger partial charge in [-0.25, -0.2) is 9.59 Å². The summed E-state index contributed by atoms with van der Waals surface area (Å²) in [6.45, 7) is 0.763. The smallest absolute Gasteiger partial charge is 0.337 e. The lowest BCUT2D eigenvalue weighted by Crippen LogP contribution is -2.47. The van der Waals surface area contributed by atoms with Gasteiger partial charge in [-0.05, 0) is 28.1 Å². The molecule has 8 heteroatoms. The number of benzene rings is 1. The van der Waals surface area contributed by atoms with Gasteiger partial charge in [0.2, 0.25) is 0 Å². The number of ether oxygens (including phenoxy) is 1. The van der Waals surface area contributed by atoms with Crippen LogP contribution < -0.4 is 5.32 Å². The van der Waals surface area contributed by atoms with Crippen LogP contribution >= 0.6 is 15.9 Å². The maximum Gasteiger partial charge on any atom is 0.337 e. The quantitative estimate of drug-likeness (QED) is 0.845. The van der Waals surface area contributed by atoms with Crippen molar-refractivity contribution in [2.24, 2.45) is 0 Å². The number of anilines is 1. The fourth-order valence-electron chi connectivity index (χ4n) is 1.93. The Hall–Kier alpha value is -2.11. The Morgan fingerprint density at radius 2 is 2.29 bits per heavy atom. The molecule has 1 aliphatic heterocycles. The number of nitrogens with zero attached hydrogens (tertiary/aromatic N) is 2. The maximum atomic E-state index is 12.2. The molecular formula is C13H12BrN3O4. The Balaban J connectivity index is 2.17. The van der Waals surface area contributed by atoms with E-state index in [1.807, 2.05) is 6.07 Å². The zero-order valence-corrected chi connectivity index (χ0v) is 12.5. The number of rotatable bonds is 2. The molecule has 0 radical (unpaired) electrons. The zero-order valence-electron chi connectivity index (χ0n) is 10.9. The third kappa shape index (κ3) is 3.51. The van der Waals surface area contributed by atoms with E-state index in [0.717, 1.165) is 0 Å². The Bertz CT molecular complexity index is 614. The number of carbonyl (C=O) groups excluding carboxylic acids is 1. The van der Waals surface area contributed by atoms with Gasteiger partial charge in [-0.3, -0.25) is 0 Å². The minimum atomic E-state index is -1.14. The van der Waals surface area contributed by atoms with Crippen LogP contribution in [0.4, 0.5) is 10.5 Å². The van der Waals surface area contributed by atoms with Crippen LogP contribution in [-0.2, 0) is 4.74 Å². The highest BCUT2D eigenvalue weighted by molar-refractivity contribution is 9.10. The Kier molecular flexibility index (Phi) is 4.77. The van der Waals surface area contributed by atoms with Crippen LogP contribution in [0.15, 0.2) is 22.7 Å². The molecular weight excluding hydrogens is 342 g/mol. The topological polar surface area (TPSA) is 103 Å². The first kappa shape index (κ1) is 15.3. The number of nitriles is 1. The molecule has 1 heterocycles. The summed E-state index contributed by atoms with van der Waals surface area (Å²) in [6.07, 6.45) is -0.664. The van der Waals surface area contributed by atoms with Gasteiger partial charge in [0.25, 0.3) is 0 Å². The second kappa shape index (κ2) is 6.56. The Labute approximate surface area is 129 Å². The van der Waals surface area contributed by atoms with E-state index in [0.29, 0.717) is 11.0 Å². The SMILES string of the molecule is N#CC1CN(C(=O)Nc2c(Br)cccc2C(=O)O)CCO1. The van der Waals surface area contributed by atoms with Gasteiger partial charge in [0.15, 0.2) is 6.10 Å². The first-order chi connectivity index (χ1) is 10.0. The number of hydrogen-bond donors (Lipinski definition) is 2. The number of morpholine rings is 1. The number of aromatic carboxylic acids is 1. The maximum absolute atomic E-state index is 12.2. The van der Waals surface area contributed by atoms with E-state index in [2.05, 4.69) is 21.2 Å². The van der Waals surface area contributed by atoms with Crippen molar-refractivity contribution in [3.63, 3.8) is 0 Å². The first-order valence-corrected chi connectivity index (χ1v) is 6.91. The van der Waals surface area contributed by atoms with Crippen LogP contribution in [0.5, 0.6) is 0 Å². The molecule has 1 unspecified atom stereocenters. The molecule has 2 N–H and O–H groups in total. The standard InChI is InChI=1S/C13H12BrN3O4/c14-10-3-1-2-9(12(18)19)11(10)16-13(20)17-4-5-21-8(6-15)7-17/h1-3,8H,4-5,7H2,(H,16,20)(H,18,19). The van der Waals surface area contributed by atoms with Crippen LogP contribution in [0.25, 0.3) is 0 Å². The highest BCUT2D eigenvalue weighted by atomic mass is 79.9. The molecule has 1 aliphatic rings. The number of carboxylic acids is 1. The molecule has 1 aromatic carbocycles. The molecule has 0 saturated carbocycles. The Morgan fingerprint density at radius 1 is 1.52 bits per heavy atom. The molecule has 110 valence electrons. The average molecular weight is 354 g/mol. The second-order valence-corrected chi connectivity index (χ2v) is 5.19. The van der Waals surface area contributed by atoms with E-state index in [1.165, 1.54) is 11.0 Å². The number of halogens is 1. The van der Waals surface area contributed by atoms with Gasteiger partial charge in [-0.15, -0.1) is 0 Å². The molecule has 1 saturated heterocycles. The molecule has 7 nitrogen and oxygen atoms in total. The number of para-hydroxylation sites is 1. The summed E-state index contributed by atoms with van der Waals surface area (Å²) >= 11 is 3.22. The van der Waals surface area contributed by atoms with Crippen molar-refractivity contribution in [2.45, 2.75) is 6.10 Å². The molecule has 0 spiro atoms. The van der Waals surface area contributed by atoms with Crippen molar-refractivity contribution in [3.05, 3.63) is 28.2 Å². The van der Waals surface area contributed by atoms with Crippen LogP contribution in [-0.4, -0.2) is 47.8 Å². The van der Waals surface area contributed by atoms with E-state index < -0.39 is 18.1 Å². The van der Waals surface area contributed by atoms with E-state index in [4.69, 9.17) is 15.1 Å². The third-order valence-electron chi connectivity index (χ3n) is 2.97. The predicted octanol–water partition coefficient (Wildman–Crippen LogP) is 1.90. The highest BCUT2D eigenvalue weighted by Crippen LogP contribution is 2.27. The molecule has 2 rings (SSSR count). The zero-order chi connectivity index (χ0) is 15.4. The minimum absolute atomic E-state index is 0.0113. The van der Waals surface area contributed by atoms with Crippen molar-refractivity contribution >= 4 is 33.6 Å². The first-order valence-electron chi connectivity index (χ1n) is 6.12. The lowest BCUT2D eigenvalue weighted by atomic mass is 10.2. The van der Waals surface area contributed by atoms with Crippen LogP contribution in [0.3, 0.4) is 0 Å². The van der Waals surface area contributed by atoms with Gasteiger partial charge in [0.1, 0.15) is 0 Å². The predicted molar refractivity (Wildman–Crippen MR) is 77.0 cm³/mol. The van der Waals surface area contributed by atoms with Gasteiger partial charge in [-0.1, -0.05) is 6.07 Å². The number of amides is 2. The van der Waals surface area contributed by atoms with E-state index in [-0.39, 0.29) is 24.4 Å². The number of nitrogens with one attached hydrogen (secondary N) is 1. The molecule has 1 atom stereocenters. The lowest BCUT2D eigenvalue weighted by Gasteiger charge is -2.30. The van der Waals surface area contributed by atoms with Gasteiger partial charge in [0.05, 0.1) is 30.5 Å². The summed E-state index contributed by atoms with van der Waals surface area (Å²) in [5, 5.41) is 20.5. The van der Waals surface area contributed by atoms with Crippen LogP contribution in [0.2, 0.25) is 0 Å². The molecule has 1 aromatic rings. The summed E-state index contributed by atoms with van der Waals surface area (Å²) in [5.41, 5.74) is 0.179. The van der Waals surface area contributed by atoms with Crippen molar-refractivity contribution in [1.82, 2.24) is 4.90 Å². The third-order valence-corrected chi connectivity index (χ3v) is 3.63. The second-order valence-electron chi connectivity index (χ2n) is 4.33. The lowest BCUT2D eigenvalue weighted by molar-refractivity contribution is 0.0181. The monoisotopic (exact) mass is 353 g/mol. The normalized spacial score (nSPS) is 17.9. The number of hydrogen-bond acceptors (Lipinski definition) is 4. The van der Waals surface area contributed by atoms with Gasteiger partial charge in [-0.2, -0.15) is 5.26 Å². The molecule has 2 amide bonds. The number of carbonyl (C=O) groups is 2. The number of urea groups is 1. The van der Waals surface area contributed by atoms with Crippen molar-refractivity contribution in [3.8, 4) is 6.07 Å². The van der Waals surface area contributed by atoms with Crippen molar-refractivity contribution < 1.29 is 19.4 Å². The molecule has 0 aliphatic carbocycles. The molecule has 0 bridgehead atoms. The summed E-state index contributed by atoms with van der Waals surface area (Å²) in [5.74, 6) is -1.14. The van der Waals surface area contributed by atoms with Crippen LogP contribution in [0.1, 0.15) is 10.4 Å². The van der Waals surface area contributed by atoms with Crippen molar-refractivity contribution in [2.75, 3.05) is 25.0 Å².